The van der Waals surface area contributed by atoms with Crippen LogP contribution in [0.25, 0.3) is 22.4 Å². The molecule has 1 atom stereocenters. The van der Waals surface area contributed by atoms with Crippen LogP contribution in [-0.4, -0.2) is 85.6 Å². The van der Waals surface area contributed by atoms with Gasteiger partial charge in [0.2, 0.25) is 10.0 Å². The number of rotatable bonds is 10. The number of aromatic amines is 1. The summed E-state index contributed by atoms with van der Waals surface area (Å²) >= 11 is 0. The Morgan fingerprint density at radius 2 is 1.84 bits per heavy atom. The van der Waals surface area contributed by atoms with Gasteiger partial charge in [0.15, 0.2) is 5.65 Å². The van der Waals surface area contributed by atoms with Crippen LogP contribution in [-0.2, 0) is 29.3 Å². The minimum atomic E-state index is -4.49. The van der Waals surface area contributed by atoms with Gasteiger partial charge >= 0.3 is 11.9 Å². The predicted molar refractivity (Wildman–Crippen MR) is 155 cm³/mol. The molecule has 4 heterocycles. The summed E-state index contributed by atoms with van der Waals surface area (Å²) in [6.07, 6.45) is 0.485. The molecule has 0 amide bonds. The fraction of sp³-hybridized carbons (Fsp3) is 0.464. The monoisotopic (exact) mass is 621 g/mol. The average molecular weight is 622 g/mol. The highest BCUT2D eigenvalue weighted by molar-refractivity contribution is 7.88. The van der Waals surface area contributed by atoms with Gasteiger partial charge in [-0.2, -0.15) is 22.6 Å². The molecule has 0 radical (unpaired) electrons. The maximum Gasteiger partial charge on any atom is 0.416 e. The Labute approximate surface area is 246 Å². The number of β-amino-alcohol motifs (C(OH)–C–C–N with tert-alkyl or cyclic N) is 1. The van der Waals surface area contributed by atoms with E-state index in [-0.39, 0.29) is 31.4 Å². The molecule has 1 aromatic carbocycles. The maximum atomic E-state index is 13.1. The number of aliphatic hydroxyl groups is 1. The van der Waals surface area contributed by atoms with Crippen LogP contribution in [0.5, 0.6) is 0 Å². The Bertz CT molecular complexity index is 1720. The van der Waals surface area contributed by atoms with Gasteiger partial charge in [-0.25, -0.2) is 18.2 Å². The van der Waals surface area contributed by atoms with E-state index in [1.165, 1.54) is 21.1 Å². The van der Waals surface area contributed by atoms with Crippen molar-refractivity contribution in [1.29, 1.82) is 0 Å². The van der Waals surface area contributed by atoms with Crippen molar-refractivity contribution in [3.8, 4) is 11.3 Å². The maximum absolute atomic E-state index is 13.1. The number of H-pyrrole nitrogens is 1. The molecule has 11 nitrogen and oxygen atoms in total. The quantitative estimate of drug-likeness (QED) is 0.279. The molecule has 0 aliphatic carbocycles. The van der Waals surface area contributed by atoms with Gasteiger partial charge in [-0.3, -0.25) is 9.25 Å². The lowest BCUT2D eigenvalue weighted by Crippen LogP contribution is -2.41. The molecule has 5 rings (SSSR count). The van der Waals surface area contributed by atoms with E-state index in [1.54, 1.807) is 30.0 Å². The fourth-order valence-corrected chi connectivity index (χ4v) is 6.46. The third kappa shape index (κ3) is 7.00. The molecule has 4 aromatic rings. The molecule has 3 aromatic heterocycles. The van der Waals surface area contributed by atoms with E-state index in [0.29, 0.717) is 60.5 Å². The predicted octanol–water partition coefficient (Wildman–Crippen LogP) is 3.09. The van der Waals surface area contributed by atoms with Crippen molar-refractivity contribution in [1.82, 2.24) is 33.5 Å². The molecule has 0 saturated carbocycles. The van der Waals surface area contributed by atoms with Gasteiger partial charge < -0.3 is 15.0 Å². The Kier molecular flexibility index (Phi) is 8.79. The summed E-state index contributed by atoms with van der Waals surface area (Å²) in [5.74, 6) is 0. The summed E-state index contributed by atoms with van der Waals surface area (Å²) in [5, 5.41) is 15.5. The fourth-order valence-electron chi connectivity index (χ4n) is 5.61. The zero-order chi connectivity index (χ0) is 30.9. The standard InChI is InChI=1S/C28H34F3N7O4S/c1-3-37(43(2,41)42)16-20-15-36(34-25(20)19-6-8-21(9-7-19)28(29,30)31)18-23(39)17-35-13-10-22(11-14-35)38-26-24(33-27(38)40)5-4-12-32-26/h4-9,12,15,22-23,39H,3,10-11,13-14,16-18H2,1-2H3,(H,33,40). The Balaban J connectivity index is 1.28. The van der Waals surface area contributed by atoms with E-state index in [4.69, 9.17) is 0 Å². The smallest absolute Gasteiger partial charge is 0.390 e. The number of piperidine rings is 1. The number of likely N-dealkylation sites (tertiary alicyclic amines) is 1. The SMILES string of the molecule is CCN(Cc1cn(CC(O)CN2CCC(n3c(=O)[nH]c4cccnc43)CC2)nc1-c1ccc(C(F)(F)F)cc1)S(C)(=O)=O. The molecule has 1 unspecified atom stereocenters. The average Bonchev–Trinajstić information content (AvgIpc) is 3.50. The molecule has 0 spiro atoms. The summed E-state index contributed by atoms with van der Waals surface area (Å²) < 4.78 is 68.3. The van der Waals surface area contributed by atoms with Crippen molar-refractivity contribution < 1.29 is 26.7 Å². The molecule has 1 saturated heterocycles. The van der Waals surface area contributed by atoms with Gasteiger partial charge in [0.05, 0.1) is 35.7 Å². The zero-order valence-corrected chi connectivity index (χ0v) is 24.6. The lowest BCUT2D eigenvalue weighted by Gasteiger charge is -2.33. The number of nitrogens with one attached hydrogen (secondary N) is 1. The number of aliphatic hydroxyl groups excluding tert-OH is 1. The second kappa shape index (κ2) is 12.2. The van der Waals surface area contributed by atoms with Crippen LogP contribution in [0.15, 0.2) is 53.6 Å². The van der Waals surface area contributed by atoms with Crippen molar-refractivity contribution >= 4 is 21.2 Å². The lowest BCUT2D eigenvalue weighted by molar-refractivity contribution is -0.137. The first kappa shape index (κ1) is 30.9. The number of alkyl halides is 3. The molecule has 1 aliphatic heterocycles. The Hall–Kier alpha value is -3.53. The first-order chi connectivity index (χ1) is 20.3. The van der Waals surface area contributed by atoms with E-state index >= 15 is 0 Å². The number of fused-ring (bicyclic) bond motifs is 1. The normalized spacial score (nSPS) is 16.3. The van der Waals surface area contributed by atoms with Crippen molar-refractivity contribution in [2.75, 3.05) is 32.4 Å². The van der Waals surface area contributed by atoms with E-state index < -0.39 is 27.9 Å². The number of aromatic nitrogens is 5. The Morgan fingerprint density at radius 1 is 1.14 bits per heavy atom. The number of sulfonamides is 1. The van der Waals surface area contributed by atoms with Crippen LogP contribution < -0.4 is 5.69 Å². The molecule has 43 heavy (non-hydrogen) atoms. The summed E-state index contributed by atoms with van der Waals surface area (Å²) in [6, 6.07) is 8.12. The number of halogens is 3. The molecule has 0 bridgehead atoms. The van der Waals surface area contributed by atoms with Crippen molar-refractivity contribution in [3.63, 3.8) is 0 Å². The van der Waals surface area contributed by atoms with Crippen LogP contribution in [0.3, 0.4) is 0 Å². The molecular formula is C28H34F3N7O4S. The first-order valence-electron chi connectivity index (χ1n) is 14.0. The summed E-state index contributed by atoms with van der Waals surface area (Å²) in [5.41, 5.74) is 1.60. The van der Waals surface area contributed by atoms with Crippen LogP contribution >= 0.6 is 0 Å². The topological polar surface area (TPSA) is 129 Å². The van der Waals surface area contributed by atoms with Gasteiger partial charge in [-0.1, -0.05) is 19.1 Å². The molecule has 2 N–H and O–H groups in total. The van der Waals surface area contributed by atoms with Crippen molar-refractivity contribution in [2.24, 2.45) is 0 Å². The van der Waals surface area contributed by atoms with Gasteiger partial charge in [0.1, 0.15) is 0 Å². The molecule has 1 aliphatic rings. The van der Waals surface area contributed by atoms with E-state index in [0.717, 1.165) is 18.4 Å². The molecule has 15 heteroatoms. The van der Waals surface area contributed by atoms with Crippen molar-refractivity contribution in [2.45, 2.75) is 51.2 Å². The van der Waals surface area contributed by atoms with Gasteiger partial charge in [0, 0.05) is 62.3 Å². The number of hydrogen-bond donors (Lipinski definition) is 2. The minimum Gasteiger partial charge on any atom is -0.390 e. The highest BCUT2D eigenvalue weighted by Gasteiger charge is 2.30. The second-order valence-corrected chi connectivity index (χ2v) is 12.8. The minimum absolute atomic E-state index is 0.0131. The van der Waals surface area contributed by atoms with E-state index in [9.17, 15) is 31.5 Å². The highest BCUT2D eigenvalue weighted by Crippen LogP contribution is 2.32. The second-order valence-electron chi connectivity index (χ2n) is 10.8. The molecule has 232 valence electrons. The summed E-state index contributed by atoms with van der Waals surface area (Å²) in [6.45, 7) is 3.66. The Morgan fingerprint density at radius 3 is 2.47 bits per heavy atom. The highest BCUT2D eigenvalue weighted by atomic mass is 32.2. The number of hydrogen-bond acceptors (Lipinski definition) is 7. The largest absolute Gasteiger partial charge is 0.416 e. The third-order valence-electron chi connectivity index (χ3n) is 7.76. The van der Waals surface area contributed by atoms with Crippen LogP contribution in [0.1, 0.15) is 36.9 Å². The van der Waals surface area contributed by atoms with Crippen LogP contribution in [0.2, 0.25) is 0 Å². The number of imidazole rings is 1. The summed E-state index contributed by atoms with van der Waals surface area (Å²) in [7, 11) is -3.54. The van der Waals surface area contributed by atoms with Crippen LogP contribution in [0.4, 0.5) is 13.2 Å². The molecule has 1 fully saturated rings. The number of benzene rings is 1. The number of nitrogens with zero attached hydrogens (tertiary/aromatic N) is 6. The van der Waals surface area contributed by atoms with Crippen molar-refractivity contribution in [3.05, 3.63) is 70.4 Å². The van der Waals surface area contributed by atoms with E-state index in [2.05, 4.69) is 20.0 Å². The third-order valence-corrected chi connectivity index (χ3v) is 9.08. The van der Waals surface area contributed by atoms with Gasteiger partial charge in [-0.15, -0.1) is 0 Å². The lowest BCUT2D eigenvalue weighted by atomic mass is 10.0. The zero-order valence-electron chi connectivity index (χ0n) is 23.8. The van der Waals surface area contributed by atoms with Gasteiger partial charge in [0.25, 0.3) is 0 Å². The first-order valence-corrected chi connectivity index (χ1v) is 15.8. The summed E-state index contributed by atoms with van der Waals surface area (Å²) in [4.78, 5) is 21.9. The van der Waals surface area contributed by atoms with Crippen LogP contribution in [0, 0.1) is 0 Å². The van der Waals surface area contributed by atoms with E-state index in [1.807, 2.05) is 6.07 Å². The number of pyridine rings is 1. The molecular weight excluding hydrogens is 587 g/mol. The van der Waals surface area contributed by atoms with Gasteiger partial charge in [-0.05, 0) is 37.1 Å².